The van der Waals surface area contributed by atoms with Gasteiger partial charge in [-0.3, -0.25) is 4.90 Å². The number of aromatic nitrogens is 1. The zero-order valence-corrected chi connectivity index (χ0v) is 11.7. The predicted octanol–water partition coefficient (Wildman–Crippen LogP) is 1.31. The number of hydrogen-bond acceptors (Lipinski definition) is 4. The molecule has 5 nitrogen and oxygen atoms in total. The quantitative estimate of drug-likeness (QED) is 0.878. The Morgan fingerprint density at radius 1 is 1.25 bits per heavy atom. The van der Waals surface area contributed by atoms with Crippen LogP contribution in [-0.2, 0) is 6.54 Å². The second kappa shape index (κ2) is 5.89. The van der Waals surface area contributed by atoms with Gasteiger partial charge in [0.25, 0.3) is 0 Å². The summed E-state index contributed by atoms with van der Waals surface area (Å²) in [6, 6.07) is 3.68. The molecule has 20 heavy (non-hydrogen) atoms. The van der Waals surface area contributed by atoms with E-state index in [1.54, 1.807) is 6.20 Å². The third-order valence-corrected chi connectivity index (χ3v) is 4.17. The van der Waals surface area contributed by atoms with Crippen molar-refractivity contribution < 1.29 is 9.90 Å². The molecule has 5 heteroatoms. The Morgan fingerprint density at radius 3 is 2.60 bits per heavy atom. The lowest BCUT2D eigenvalue weighted by molar-refractivity contribution is 0.0686. The monoisotopic (exact) mass is 275 g/mol. The Kier molecular flexibility index (Phi) is 3.98. The van der Waals surface area contributed by atoms with Crippen LogP contribution in [0.3, 0.4) is 0 Å². The highest BCUT2D eigenvalue weighted by molar-refractivity contribution is 5.86. The van der Waals surface area contributed by atoms with E-state index in [9.17, 15) is 4.79 Å². The SMILES string of the molecule is O=C(O)c1ncccc1CN1CCN(CC2CC2)CC1. The molecular weight excluding hydrogens is 254 g/mol. The number of piperazine rings is 1. The second-order valence-electron chi connectivity index (χ2n) is 5.84. The number of nitrogens with zero attached hydrogens (tertiary/aromatic N) is 3. The second-order valence-corrected chi connectivity index (χ2v) is 5.84. The Labute approximate surface area is 119 Å². The molecule has 0 amide bonds. The van der Waals surface area contributed by atoms with Crippen LogP contribution in [0.4, 0.5) is 0 Å². The van der Waals surface area contributed by atoms with Crippen LogP contribution < -0.4 is 0 Å². The van der Waals surface area contributed by atoms with Crippen molar-refractivity contribution in [2.24, 2.45) is 5.92 Å². The molecule has 0 unspecified atom stereocenters. The minimum atomic E-state index is -0.937. The summed E-state index contributed by atoms with van der Waals surface area (Å²) in [6.45, 7) is 6.16. The summed E-state index contributed by atoms with van der Waals surface area (Å²) in [5.74, 6) is 0.00598. The summed E-state index contributed by atoms with van der Waals surface area (Å²) in [5.41, 5.74) is 1.00. The molecular formula is C15H21N3O2. The van der Waals surface area contributed by atoms with Crippen molar-refractivity contribution in [3.63, 3.8) is 0 Å². The van der Waals surface area contributed by atoms with Crippen molar-refractivity contribution in [2.75, 3.05) is 32.7 Å². The third kappa shape index (κ3) is 3.35. The van der Waals surface area contributed by atoms with Gasteiger partial charge in [-0.25, -0.2) is 9.78 Å². The molecule has 2 heterocycles. The van der Waals surface area contributed by atoms with E-state index in [4.69, 9.17) is 5.11 Å². The first-order valence-electron chi connectivity index (χ1n) is 7.34. The van der Waals surface area contributed by atoms with Crippen molar-refractivity contribution in [1.82, 2.24) is 14.8 Å². The smallest absolute Gasteiger partial charge is 0.354 e. The summed E-state index contributed by atoms with van der Waals surface area (Å²) in [6.07, 6.45) is 4.34. The summed E-state index contributed by atoms with van der Waals surface area (Å²) in [4.78, 5) is 20.0. The van der Waals surface area contributed by atoms with Gasteiger partial charge in [-0.05, 0) is 30.4 Å². The molecule has 0 spiro atoms. The molecule has 1 saturated carbocycles. The van der Waals surface area contributed by atoms with Gasteiger partial charge in [-0.2, -0.15) is 0 Å². The van der Waals surface area contributed by atoms with Crippen LogP contribution in [-0.4, -0.2) is 58.6 Å². The number of aromatic carboxylic acids is 1. The Hall–Kier alpha value is -1.46. The minimum Gasteiger partial charge on any atom is -0.477 e. The molecule has 0 bridgehead atoms. The first-order valence-corrected chi connectivity index (χ1v) is 7.34. The van der Waals surface area contributed by atoms with Crippen molar-refractivity contribution in [3.8, 4) is 0 Å². The summed E-state index contributed by atoms with van der Waals surface area (Å²) in [5, 5.41) is 9.15. The Balaban J connectivity index is 1.55. The van der Waals surface area contributed by atoms with E-state index in [0.29, 0.717) is 6.54 Å². The molecule has 108 valence electrons. The van der Waals surface area contributed by atoms with Gasteiger partial charge in [0.05, 0.1) is 0 Å². The average Bonchev–Trinajstić information content (AvgIpc) is 3.25. The molecule has 1 N–H and O–H groups in total. The number of hydrogen-bond donors (Lipinski definition) is 1. The topological polar surface area (TPSA) is 56.7 Å². The lowest BCUT2D eigenvalue weighted by atomic mass is 10.1. The molecule has 0 aromatic carbocycles. The van der Waals surface area contributed by atoms with Crippen LogP contribution in [0, 0.1) is 5.92 Å². The summed E-state index contributed by atoms with van der Waals surface area (Å²) >= 11 is 0. The summed E-state index contributed by atoms with van der Waals surface area (Å²) in [7, 11) is 0. The maximum absolute atomic E-state index is 11.2. The first-order chi connectivity index (χ1) is 9.72. The van der Waals surface area contributed by atoms with Crippen LogP contribution in [0.25, 0.3) is 0 Å². The van der Waals surface area contributed by atoms with Crippen molar-refractivity contribution >= 4 is 5.97 Å². The molecule has 0 radical (unpaired) electrons. The van der Waals surface area contributed by atoms with Crippen LogP contribution in [0.2, 0.25) is 0 Å². The maximum Gasteiger partial charge on any atom is 0.354 e. The average molecular weight is 275 g/mol. The van der Waals surface area contributed by atoms with Gasteiger partial charge in [0.2, 0.25) is 0 Å². The highest BCUT2D eigenvalue weighted by Gasteiger charge is 2.26. The van der Waals surface area contributed by atoms with Crippen molar-refractivity contribution in [3.05, 3.63) is 29.6 Å². The fourth-order valence-corrected chi connectivity index (χ4v) is 2.80. The van der Waals surface area contributed by atoms with Gasteiger partial charge >= 0.3 is 5.97 Å². The maximum atomic E-state index is 11.2. The number of carbonyl (C=O) groups is 1. The van der Waals surface area contributed by atoms with Gasteiger partial charge in [0, 0.05) is 45.5 Å². The lowest BCUT2D eigenvalue weighted by Crippen LogP contribution is -2.46. The van der Waals surface area contributed by atoms with E-state index in [0.717, 1.165) is 37.7 Å². The van der Waals surface area contributed by atoms with Crippen LogP contribution in [0.15, 0.2) is 18.3 Å². The predicted molar refractivity (Wildman–Crippen MR) is 75.6 cm³/mol. The van der Waals surface area contributed by atoms with E-state index in [2.05, 4.69) is 14.8 Å². The van der Waals surface area contributed by atoms with Gasteiger partial charge in [0.15, 0.2) is 5.69 Å². The molecule has 1 aromatic rings. The molecule has 1 aliphatic heterocycles. The highest BCUT2D eigenvalue weighted by Crippen LogP contribution is 2.30. The minimum absolute atomic E-state index is 0.188. The Bertz CT molecular complexity index is 480. The number of pyridine rings is 1. The van der Waals surface area contributed by atoms with Gasteiger partial charge in [0.1, 0.15) is 0 Å². The first kappa shape index (κ1) is 13.5. The highest BCUT2D eigenvalue weighted by atomic mass is 16.4. The molecule has 3 rings (SSSR count). The van der Waals surface area contributed by atoms with E-state index in [1.807, 2.05) is 12.1 Å². The zero-order valence-electron chi connectivity index (χ0n) is 11.7. The fourth-order valence-electron chi connectivity index (χ4n) is 2.80. The normalized spacial score (nSPS) is 21.0. The van der Waals surface area contributed by atoms with E-state index < -0.39 is 5.97 Å². The zero-order chi connectivity index (χ0) is 13.9. The van der Waals surface area contributed by atoms with Crippen LogP contribution >= 0.6 is 0 Å². The third-order valence-electron chi connectivity index (χ3n) is 4.17. The van der Waals surface area contributed by atoms with Crippen LogP contribution in [0.5, 0.6) is 0 Å². The van der Waals surface area contributed by atoms with Gasteiger partial charge < -0.3 is 10.0 Å². The van der Waals surface area contributed by atoms with Crippen molar-refractivity contribution in [1.29, 1.82) is 0 Å². The molecule has 2 fully saturated rings. The standard InChI is InChI=1S/C15H21N3O2/c19-15(20)14-13(2-1-5-16-14)11-18-8-6-17(7-9-18)10-12-3-4-12/h1-2,5,12H,3-4,6-11H2,(H,19,20). The number of rotatable bonds is 5. The van der Waals surface area contributed by atoms with E-state index in [1.165, 1.54) is 19.4 Å². The lowest BCUT2D eigenvalue weighted by Gasteiger charge is -2.34. The molecule has 2 aliphatic rings. The van der Waals surface area contributed by atoms with Gasteiger partial charge in [-0.15, -0.1) is 0 Å². The van der Waals surface area contributed by atoms with Gasteiger partial charge in [-0.1, -0.05) is 6.07 Å². The molecule has 1 aliphatic carbocycles. The molecule has 0 atom stereocenters. The number of carboxylic acids is 1. The van der Waals surface area contributed by atoms with Crippen molar-refractivity contribution in [2.45, 2.75) is 19.4 Å². The Morgan fingerprint density at radius 2 is 1.95 bits per heavy atom. The fraction of sp³-hybridized carbons (Fsp3) is 0.600. The molecule has 1 aromatic heterocycles. The summed E-state index contributed by atoms with van der Waals surface area (Å²) < 4.78 is 0. The number of carboxylic acid groups (broad SMARTS) is 1. The molecule has 1 saturated heterocycles. The van der Waals surface area contributed by atoms with Crippen LogP contribution in [0.1, 0.15) is 28.9 Å². The van der Waals surface area contributed by atoms with E-state index in [-0.39, 0.29) is 5.69 Å². The largest absolute Gasteiger partial charge is 0.477 e. The van der Waals surface area contributed by atoms with E-state index >= 15 is 0 Å².